The number of aromatic hydroxyl groups is 1. The monoisotopic (exact) mass is 378 g/mol. The number of rotatable bonds is 3. The molecule has 0 saturated carbocycles. The van der Waals surface area contributed by atoms with Crippen molar-refractivity contribution in [2.45, 2.75) is 19.3 Å². The highest BCUT2D eigenvalue weighted by Gasteiger charge is 2.24. The van der Waals surface area contributed by atoms with Gasteiger partial charge in [0.25, 0.3) is 0 Å². The van der Waals surface area contributed by atoms with Gasteiger partial charge in [0.15, 0.2) is 0 Å². The molecule has 0 unspecified atom stereocenters. The molecule has 0 bridgehead atoms. The lowest BCUT2D eigenvalue weighted by molar-refractivity contribution is 0.476. The summed E-state index contributed by atoms with van der Waals surface area (Å²) >= 11 is 0. The minimum atomic E-state index is -0.153. The second-order valence-electron chi connectivity index (χ2n) is 7.95. The molecule has 142 valence electrons. The Labute approximate surface area is 169 Å². The molecule has 3 nitrogen and oxygen atoms in total. The number of pyridine rings is 1. The molecule has 1 N–H and O–H groups in total. The zero-order valence-corrected chi connectivity index (χ0v) is 16.5. The van der Waals surface area contributed by atoms with Crippen molar-refractivity contribution in [3.05, 3.63) is 102 Å². The smallest absolute Gasteiger partial charge is 0.137 e. The summed E-state index contributed by atoms with van der Waals surface area (Å²) in [5.41, 5.74) is 4.33. The molecule has 29 heavy (non-hydrogen) atoms. The van der Waals surface area contributed by atoms with E-state index in [1.807, 2.05) is 36.5 Å². The summed E-state index contributed by atoms with van der Waals surface area (Å²) in [7, 11) is 0. The number of nitrogens with zero attached hydrogens (tertiary/aromatic N) is 2. The lowest BCUT2D eigenvalue weighted by Crippen LogP contribution is -2.19. The minimum Gasteiger partial charge on any atom is -0.508 e. The van der Waals surface area contributed by atoms with E-state index in [-0.39, 0.29) is 11.2 Å². The lowest BCUT2D eigenvalue weighted by Gasteiger charge is -2.26. The van der Waals surface area contributed by atoms with Crippen LogP contribution in [-0.4, -0.2) is 14.7 Å². The summed E-state index contributed by atoms with van der Waals surface area (Å²) in [5, 5.41) is 12.4. The number of para-hydroxylation sites is 1. The van der Waals surface area contributed by atoms with Gasteiger partial charge < -0.3 is 5.11 Å². The van der Waals surface area contributed by atoms with E-state index in [2.05, 4.69) is 66.9 Å². The number of benzene rings is 3. The van der Waals surface area contributed by atoms with Crippen molar-refractivity contribution >= 4 is 21.8 Å². The van der Waals surface area contributed by atoms with E-state index in [1.54, 1.807) is 6.07 Å². The molecule has 0 aliphatic carbocycles. The van der Waals surface area contributed by atoms with Crippen molar-refractivity contribution in [3.8, 4) is 11.6 Å². The molecule has 0 atom stereocenters. The van der Waals surface area contributed by atoms with Crippen LogP contribution in [-0.2, 0) is 5.41 Å². The minimum absolute atomic E-state index is 0.153. The summed E-state index contributed by atoms with van der Waals surface area (Å²) in [5.74, 6) is 1.10. The molecule has 2 heterocycles. The largest absolute Gasteiger partial charge is 0.508 e. The fraction of sp³-hybridized carbons (Fsp3) is 0.115. The van der Waals surface area contributed by atoms with Gasteiger partial charge in [-0.1, -0.05) is 62.4 Å². The first-order valence-electron chi connectivity index (χ1n) is 9.80. The van der Waals surface area contributed by atoms with Crippen molar-refractivity contribution < 1.29 is 5.11 Å². The maximum atomic E-state index is 10.1. The van der Waals surface area contributed by atoms with E-state index in [9.17, 15) is 5.11 Å². The van der Waals surface area contributed by atoms with Gasteiger partial charge in [-0.25, -0.2) is 4.98 Å². The molecule has 5 rings (SSSR count). The van der Waals surface area contributed by atoms with E-state index in [4.69, 9.17) is 4.98 Å². The molecule has 2 aromatic heterocycles. The molecule has 3 aromatic carbocycles. The van der Waals surface area contributed by atoms with Crippen LogP contribution < -0.4 is 0 Å². The van der Waals surface area contributed by atoms with Crippen LogP contribution in [0.4, 0.5) is 0 Å². The van der Waals surface area contributed by atoms with Gasteiger partial charge in [0.05, 0.1) is 11.0 Å². The molecule has 0 fully saturated rings. The molecule has 0 saturated heterocycles. The third-order valence-electron chi connectivity index (χ3n) is 5.85. The average molecular weight is 378 g/mol. The topological polar surface area (TPSA) is 38.0 Å². The summed E-state index contributed by atoms with van der Waals surface area (Å²) < 4.78 is 2.13. The van der Waals surface area contributed by atoms with Gasteiger partial charge in [0.1, 0.15) is 11.6 Å². The van der Waals surface area contributed by atoms with Crippen LogP contribution in [0, 0.1) is 0 Å². The van der Waals surface area contributed by atoms with Crippen LogP contribution in [0.5, 0.6) is 5.75 Å². The third-order valence-corrected chi connectivity index (χ3v) is 5.85. The molecule has 0 radical (unpaired) electrons. The highest BCUT2D eigenvalue weighted by atomic mass is 16.3. The lowest BCUT2D eigenvalue weighted by atomic mass is 9.78. The SMILES string of the molecule is CC(C)(c1ccccc1)c1ccnc(-n2c3ccccc3c3ccc(O)cc32)c1. The number of phenols is 1. The number of phenolic OH excluding ortho intramolecular Hbond substituents is 1. The molecule has 0 amide bonds. The molecule has 0 spiro atoms. The summed E-state index contributed by atoms with van der Waals surface area (Å²) in [4.78, 5) is 4.70. The van der Waals surface area contributed by atoms with Gasteiger partial charge in [-0.3, -0.25) is 4.57 Å². The van der Waals surface area contributed by atoms with Crippen LogP contribution in [0.15, 0.2) is 91.1 Å². The van der Waals surface area contributed by atoms with Crippen molar-refractivity contribution in [2.75, 3.05) is 0 Å². The van der Waals surface area contributed by atoms with Crippen LogP contribution in [0.1, 0.15) is 25.0 Å². The van der Waals surface area contributed by atoms with E-state index < -0.39 is 0 Å². The van der Waals surface area contributed by atoms with Gasteiger partial charge in [-0.05, 0) is 41.5 Å². The van der Waals surface area contributed by atoms with E-state index in [0.29, 0.717) is 0 Å². The highest BCUT2D eigenvalue weighted by molar-refractivity contribution is 6.09. The van der Waals surface area contributed by atoms with Crippen molar-refractivity contribution in [1.29, 1.82) is 0 Å². The van der Waals surface area contributed by atoms with Gasteiger partial charge in [0.2, 0.25) is 0 Å². The maximum Gasteiger partial charge on any atom is 0.137 e. The highest BCUT2D eigenvalue weighted by Crippen LogP contribution is 2.36. The number of fused-ring (bicyclic) bond motifs is 3. The first-order valence-corrected chi connectivity index (χ1v) is 9.80. The zero-order valence-electron chi connectivity index (χ0n) is 16.5. The average Bonchev–Trinajstić information content (AvgIpc) is 3.08. The maximum absolute atomic E-state index is 10.1. The molecule has 0 aliphatic heterocycles. The molecule has 3 heteroatoms. The zero-order chi connectivity index (χ0) is 20.0. The molecular weight excluding hydrogens is 356 g/mol. The Bertz CT molecular complexity index is 1330. The first kappa shape index (κ1) is 17.5. The van der Waals surface area contributed by atoms with Crippen molar-refractivity contribution in [2.24, 2.45) is 0 Å². The van der Waals surface area contributed by atoms with Crippen LogP contribution >= 0.6 is 0 Å². The Morgan fingerprint density at radius 3 is 2.28 bits per heavy atom. The number of hydrogen-bond donors (Lipinski definition) is 1. The summed E-state index contributed by atoms with van der Waals surface area (Å²) in [6.07, 6.45) is 1.87. The van der Waals surface area contributed by atoms with Crippen LogP contribution in [0.3, 0.4) is 0 Å². The van der Waals surface area contributed by atoms with E-state index >= 15 is 0 Å². The van der Waals surface area contributed by atoms with Gasteiger partial charge >= 0.3 is 0 Å². The quantitative estimate of drug-likeness (QED) is 0.405. The van der Waals surface area contributed by atoms with Gasteiger partial charge in [0, 0.05) is 28.5 Å². The van der Waals surface area contributed by atoms with E-state index in [0.717, 1.165) is 27.6 Å². The summed E-state index contributed by atoms with van der Waals surface area (Å²) in [6.45, 7) is 4.47. The second kappa shape index (κ2) is 6.49. The Morgan fingerprint density at radius 1 is 0.724 bits per heavy atom. The Morgan fingerprint density at radius 2 is 1.45 bits per heavy atom. The Kier molecular flexibility index (Phi) is 3.92. The predicted molar refractivity (Wildman–Crippen MR) is 119 cm³/mol. The fourth-order valence-electron chi connectivity index (χ4n) is 4.16. The normalized spacial score (nSPS) is 11.9. The van der Waals surface area contributed by atoms with Crippen LogP contribution in [0.25, 0.3) is 27.6 Å². The third kappa shape index (κ3) is 2.78. The molecule has 5 aromatic rings. The number of aromatic nitrogens is 2. The Balaban J connectivity index is 1.76. The standard InChI is InChI=1S/C26H22N2O/c1-26(2,18-8-4-3-5-9-18)19-14-15-27-25(16-19)28-23-11-7-6-10-21(23)22-13-12-20(29)17-24(22)28/h3-17,29H,1-2H3. The van der Waals surface area contributed by atoms with Crippen LogP contribution in [0.2, 0.25) is 0 Å². The van der Waals surface area contributed by atoms with Gasteiger partial charge in [-0.15, -0.1) is 0 Å². The molecular formula is C26H22N2O. The van der Waals surface area contributed by atoms with Crippen molar-refractivity contribution in [3.63, 3.8) is 0 Å². The molecule has 0 aliphatic rings. The van der Waals surface area contributed by atoms with Gasteiger partial charge in [-0.2, -0.15) is 0 Å². The Hall–Kier alpha value is -3.59. The fourth-order valence-corrected chi connectivity index (χ4v) is 4.16. The predicted octanol–water partition coefficient (Wildman–Crippen LogP) is 6.21. The first-order chi connectivity index (χ1) is 14.1. The summed E-state index contributed by atoms with van der Waals surface area (Å²) in [6, 6.07) is 28.6. The number of hydrogen-bond acceptors (Lipinski definition) is 2. The van der Waals surface area contributed by atoms with Crippen molar-refractivity contribution in [1.82, 2.24) is 9.55 Å². The van der Waals surface area contributed by atoms with E-state index in [1.165, 1.54) is 11.1 Å². The second-order valence-corrected chi connectivity index (χ2v) is 7.95.